The average Bonchev–Trinajstić information content (AvgIpc) is 2.73. The standard InChI is InChI=1S/C23H29N3O2S/c1-16-6-5-12-25(15-16)21(27)18-9-10-19-20(14-18)24-23(29)26(22(19)28)13-11-17-7-3-2-4-8-17/h7,9-10,14,16H,2-6,8,11-13,15H2,1H3,(H,24,29)/t16-/m1/s1. The highest BCUT2D eigenvalue weighted by atomic mass is 32.1. The lowest BCUT2D eigenvalue weighted by atomic mass is 9.97. The van der Waals surface area contributed by atoms with E-state index in [0.29, 0.717) is 33.7 Å². The van der Waals surface area contributed by atoms with Gasteiger partial charge in [0.25, 0.3) is 11.5 Å². The first-order valence-electron chi connectivity index (χ1n) is 10.8. The van der Waals surface area contributed by atoms with E-state index >= 15 is 0 Å². The molecular weight excluding hydrogens is 382 g/mol. The summed E-state index contributed by atoms with van der Waals surface area (Å²) in [6.45, 7) is 4.38. The van der Waals surface area contributed by atoms with Crippen LogP contribution in [0.5, 0.6) is 0 Å². The molecule has 154 valence electrons. The second-order valence-corrected chi connectivity index (χ2v) is 8.89. The minimum Gasteiger partial charge on any atom is -0.338 e. The van der Waals surface area contributed by atoms with Crippen molar-refractivity contribution in [3.8, 4) is 0 Å². The highest BCUT2D eigenvalue weighted by Gasteiger charge is 2.22. The lowest BCUT2D eigenvalue weighted by Crippen LogP contribution is -2.39. The fourth-order valence-electron chi connectivity index (χ4n) is 4.53. The number of carbonyl (C=O) groups excluding carboxylic acids is 1. The molecule has 1 saturated heterocycles. The van der Waals surface area contributed by atoms with Crippen LogP contribution < -0.4 is 5.56 Å². The first-order chi connectivity index (χ1) is 14.0. The van der Waals surface area contributed by atoms with E-state index in [0.717, 1.165) is 38.8 Å². The van der Waals surface area contributed by atoms with Gasteiger partial charge in [-0.05, 0) is 81.3 Å². The Labute approximate surface area is 176 Å². The molecule has 1 amide bonds. The second kappa shape index (κ2) is 8.66. The van der Waals surface area contributed by atoms with Gasteiger partial charge in [0.2, 0.25) is 0 Å². The summed E-state index contributed by atoms with van der Waals surface area (Å²) in [4.78, 5) is 31.0. The van der Waals surface area contributed by atoms with Crippen LogP contribution in [0.1, 0.15) is 62.2 Å². The second-order valence-electron chi connectivity index (χ2n) is 8.50. The van der Waals surface area contributed by atoms with Gasteiger partial charge in [-0.1, -0.05) is 18.6 Å². The number of rotatable bonds is 4. The van der Waals surface area contributed by atoms with Gasteiger partial charge in [0, 0.05) is 25.2 Å². The van der Waals surface area contributed by atoms with Crippen LogP contribution >= 0.6 is 12.2 Å². The SMILES string of the molecule is C[C@@H]1CCCN(C(=O)c2ccc3c(=O)n(CCC4=CCCCC4)c(=S)[nH]c3c2)C1. The summed E-state index contributed by atoms with van der Waals surface area (Å²) >= 11 is 5.48. The molecule has 4 rings (SSSR count). The van der Waals surface area contributed by atoms with E-state index in [1.807, 2.05) is 4.90 Å². The molecule has 1 fully saturated rings. The van der Waals surface area contributed by atoms with E-state index in [1.54, 1.807) is 22.8 Å². The molecule has 0 radical (unpaired) electrons. The molecule has 1 atom stereocenters. The van der Waals surface area contributed by atoms with Crippen LogP contribution in [0.25, 0.3) is 10.9 Å². The van der Waals surface area contributed by atoms with Gasteiger partial charge in [-0.15, -0.1) is 0 Å². The number of benzene rings is 1. The summed E-state index contributed by atoms with van der Waals surface area (Å²) in [5, 5.41) is 0.583. The Hall–Kier alpha value is -2.21. The lowest BCUT2D eigenvalue weighted by molar-refractivity contribution is 0.0683. The molecule has 1 aliphatic carbocycles. The van der Waals surface area contributed by atoms with Crippen LogP contribution in [-0.2, 0) is 6.54 Å². The predicted octanol–water partition coefficient (Wildman–Crippen LogP) is 4.82. The van der Waals surface area contributed by atoms with E-state index in [9.17, 15) is 9.59 Å². The number of fused-ring (bicyclic) bond motifs is 1. The molecule has 6 heteroatoms. The Morgan fingerprint density at radius 2 is 2.14 bits per heavy atom. The van der Waals surface area contributed by atoms with Crippen LogP contribution in [0.3, 0.4) is 0 Å². The van der Waals surface area contributed by atoms with Crippen molar-refractivity contribution in [2.24, 2.45) is 5.92 Å². The number of allylic oxidation sites excluding steroid dienone is 2. The summed E-state index contributed by atoms with van der Waals surface area (Å²) < 4.78 is 2.08. The fourth-order valence-corrected chi connectivity index (χ4v) is 4.82. The number of aromatic amines is 1. The molecule has 1 aromatic heterocycles. The third-order valence-corrected chi connectivity index (χ3v) is 6.54. The molecule has 1 N–H and O–H groups in total. The summed E-state index contributed by atoms with van der Waals surface area (Å²) in [5.41, 5.74) is 2.60. The predicted molar refractivity (Wildman–Crippen MR) is 119 cm³/mol. The minimum atomic E-state index is -0.0780. The molecule has 0 saturated carbocycles. The van der Waals surface area contributed by atoms with Crippen LogP contribution in [0.4, 0.5) is 0 Å². The number of amides is 1. The molecular formula is C23H29N3O2S. The number of aromatic nitrogens is 2. The zero-order valence-electron chi connectivity index (χ0n) is 17.1. The molecule has 2 aliphatic rings. The number of piperidine rings is 1. The molecule has 2 aromatic rings. The quantitative estimate of drug-likeness (QED) is 0.579. The lowest BCUT2D eigenvalue weighted by Gasteiger charge is -2.31. The van der Waals surface area contributed by atoms with Crippen molar-refractivity contribution >= 4 is 29.0 Å². The zero-order valence-corrected chi connectivity index (χ0v) is 17.9. The molecule has 1 aromatic carbocycles. The van der Waals surface area contributed by atoms with Crippen LogP contribution in [0.15, 0.2) is 34.6 Å². The van der Waals surface area contributed by atoms with E-state index < -0.39 is 0 Å². The van der Waals surface area contributed by atoms with Crippen molar-refractivity contribution in [2.75, 3.05) is 13.1 Å². The Morgan fingerprint density at radius 1 is 1.28 bits per heavy atom. The Kier molecular flexibility index (Phi) is 5.99. The van der Waals surface area contributed by atoms with E-state index in [1.165, 1.54) is 24.8 Å². The van der Waals surface area contributed by atoms with Crippen LogP contribution in [0, 0.1) is 10.7 Å². The van der Waals surface area contributed by atoms with Gasteiger partial charge in [0.15, 0.2) is 4.77 Å². The number of likely N-dealkylation sites (tertiary alicyclic amines) is 1. The molecule has 2 heterocycles. The van der Waals surface area contributed by atoms with Crippen molar-refractivity contribution in [1.82, 2.24) is 14.5 Å². The van der Waals surface area contributed by atoms with Crippen molar-refractivity contribution in [1.29, 1.82) is 0 Å². The number of nitrogens with zero attached hydrogens (tertiary/aromatic N) is 2. The maximum atomic E-state index is 13.0. The largest absolute Gasteiger partial charge is 0.338 e. The van der Waals surface area contributed by atoms with Gasteiger partial charge in [-0.3, -0.25) is 14.2 Å². The number of hydrogen-bond acceptors (Lipinski definition) is 3. The van der Waals surface area contributed by atoms with Gasteiger partial charge in [-0.25, -0.2) is 0 Å². The first-order valence-corrected chi connectivity index (χ1v) is 11.2. The molecule has 29 heavy (non-hydrogen) atoms. The smallest absolute Gasteiger partial charge is 0.262 e. The van der Waals surface area contributed by atoms with E-state index in [4.69, 9.17) is 12.2 Å². The van der Waals surface area contributed by atoms with Gasteiger partial charge in [-0.2, -0.15) is 0 Å². The summed E-state index contributed by atoms with van der Waals surface area (Å²) in [6, 6.07) is 5.32. The third-order valence-electron chi connectivity index (χ3n) is 6.21. The minimum absolute atomic E-state index is 0.0335. The molecule has 1 aliphatic heterocycles. The number of nitrogens with one attached hydrogen (secondary N) is 1. The average molecular weight is 412 g/mol. The highest BCUT2D eigenvalue weighted by molar-refractivity contribution is 7.71. The number of hydrogen-bond donors (Lipinski definition) is 1. The normalized spacial score (nSPS) is 20.0. The maximum Gasteiger partial charge on any atom is 0.262 e. The summed E-state index contributed by atoms with van der Waals surface area (Å²) in [7, 11) is 0. The van der Waals surface area contributed by atoms with Crippen molar-refractivity contribution < 1.29 is 4.79 Å². The van der Waals surface area contributed by atoms with Gasteiger partial charge in [0.1, 0.15) is 0 Å². The molecule has 0 unspecified atom stereocenters. The number of H-pyrrole nitrogens is 1. The van der Waals surface area contributed by atoms with Gasteiger partial charge in [0.05, 0.1) is 10.9 Å². The van der Waals surface area contributed by atoms with Crippen LogP contribution in [-0.4, -0.2) is 33.4 Å². The van der Waals surface area contributed by atoms with Crippen LogP contribution in [0.2, 0.25) is 0 Å². The Bertz CT molecular complexity index is 1070. The number of carbonyl (C=O) groups is 1. The van der Waals surface area contributed by atoms with Gasteiger partial charge < -0.3 is 9.88 Å². The summed E-state index contributed by atoms with van der Waals surface area (Å²) in [5.74, 6) is 0.566. The fraction of sp³-hybridized carbons (Fsp3) is 0.522. The Balaban J connectivity index is 1.59. The monoisotopic (exact) mass is 411 g/mol. The summed E-state index contributed by atoms with van der Waals surface area (Å²) in [6.07, 6.45) is 10.2. The van der Waals surface area contributed by atoms with Gasteiger partial charge >= 0.3 is 0 Å². The topological polar surface area (TPSA) is 58.1 Å². The van der Waals surface area contributed by atoms with E-state index in [-0.39, 0.29) is 11.5 Å². The van der Waals surface area contributed by atoms with Crippen molar-refractivity contribution in [3.63, 3.8) is 0 Å². The molecule has 0 spiro atoms. The molecule has 5 nitrogen and oxygen atoms in total. The highest BCUT2D eigenvalue weighted by Crippen LogP contribution is 2.21. The van der Waals surface area contributed by atoms with E-state index in [2.05, 4.69) is 18.0 Å². The third kappa shape index (κ3) is 4.37. The zero-order chi connectivity index (χ0) is 20.4. The van der Waals surface area contributed by atoms with Crippen molar-refractivity contribution in [3.05, 3.63) is 50.5 Å². The van der Waals surface area contributed by atoms with Crippen molar-refractivity contribution in [2.45, 2.75) is 58.4 Å². The maximum absolute atomic E-state index is 13.0. The first kappa shape index (κ1) is 20.1. The molecule has 0 bridgehead atoms. The Morgan fingerprint density at radius 3 is 2.90 bits per heavy atom.